The molecular formula is C21H24N2O5. The first-order chi connectivity index (χ1) is 13.3. The summed E-state index contributed by atoms with van der Waals surface area (Å²) in [5, 5.41) is 7.26. The van der Waals surface area contributed by atoms with Gasteiger partial charge in [-0.1, -0.05) is 18.2 Å². The fraction of sp³-hybridized carbons (Fsp3) is 0.333. The molecule has 0 saturated heterocycles. The quantitative estimate of drug-likeness (QED) is 0.678. The maximum absolute atomic E-state index is 12.3. The molecule has 7 nitrogen and oxygen atoms in total. The zero-order valence-electron chi connectivity index (χ0n) is 16.4. The van der Waals surface area contributed by atoms with Crippen molar-refractivity contribution in [2.75, 3.05) is 19.0 Å². The molecule has 3 rings (SSSR count). The topological polar surface area (TPSA) is 89.8 Å². The molecule has 0 unspecified atom stereocenters. The first kappa shape index (κ1) is 19.5. The van der Waals surface area contributed by atoms with Gasteiger partial charge in [-0.15, -0.1) is 0 Å². The maximum Gasteiger partial charge on any atom is 0.407 e. The summed E-state index contributed by atoms with van der Waals surface area (Å²) in [4.78, 5) is 23.9. The van der Waals surface area contributed by atoms with Crippen molar-refractivity contribution < 1.29 is 23.5 Å². The Hall–Kier alpha value is -3.22. The molecule has 0 radical (unpaired) electrons. The van der Waals surface area contributed by atoms with Crippen molar-refractivity contribution in [3.05, 3.63) is 36.4 Å². The molecule has 0 aliphatic heterocycles. The number of carbonyl (C=O) groups excluding carboxylic acids is 2. The summed E-state index contributed by atoms with van der Waals surface area (Å²) >= 11 is 0. The zero-order chi connectivity index (χ0) is 20.3. The van der Waals surface area contributed by atoms with Crippen molar-refractivity contribution in [1.29, 1.82) is 0 Å². The van der Waals surface area contributed by atoms with Gasteiger partial charge in [0, 0.05) is 29.8 Å². The Labute approximate surface area is 163 Å². The summed E-state index contributed by atoms with van der Waals surface area (Å²) in [6.07, 6.45) is -0.456. The molecule has 0 atom stereocenters. The van der Waals surface area contributed by atoms with Crippen molar-refractivity contribution >= 4 is 39.6 Å². The number of hydrogen-bond donors (Lipinski definition) is 2. The van der Waals surface area contributed by atoms with Crippen molar-refractivity contribution in [2.24, 2.45) is 0 Å². The number of anilines is 1. The van der Waals surface area contributed by atoms with Crippen LogP contribution in [-0.4, -0.2) is 31.3 Å². The first-order valence-electron chi connectivity index (χ1n) is 9.03. The van der Waals surface area contributed by atoms with Crippen molar-refractivity contribution in [2.45, 2.75) is 32.8 Å². The van der Waals surface area contributed by atoms with Gasteiger partial charge in [0.2, 0.25) is 5.91 Å². The third-order valence-corrected chi connectivity index (χ3v) is 3.99. The Bertz CT molecular complexity index is 1020. The van der Waals surface area contributed by atoms with Crippen LogP contribution in [0.3, 0.4) is 0 Å². The van der Waals surface area contributed by atoms with Gasteiger partial charge in [-0.2, -0.15) is 0 Å². The van der Waals surface area contributed by atoms with E-state index in [9.17, 15) is 9.59 Å². The fourth-order valence-corrected chi connectivity index (χ4v) is 2.82. The molecule has 1 heterocycles. The van der Waals surface area contributed by atoms with Gasteiger partial charge in [0.15, 0.2) is 0 Å². The van der Waals surface area contributed by atoms with E-state index in [0.29, 0.717) is 17.0 Å². The van der Waals surface area contributed by atoms with Gasteiger partial charge in [0.1, 0.15) is 22.5 Å². The highest BCUT2D eigenvalue weighted by Crippen LogP contribution is 2.36. The third-order valence-electron chi connectivity index (χ3n) is 3.99. The second-order valence-corrected chi connectivity index (χ2v) is 7.37. The Kier molecular flexibility index (Phi) is 5.44. The lowest BCUT2D eigenvalue weighted by atomic mass is 10.1. The molecule has 2 aromatic carbocycles. The monoisotopic (exact) mass is 384 g/mol. The van der Waals surface area contributed by atoms with Gasteiger partial charge in [0.05, 0.1) is 12.8 Å². The van der Waals surface area contributed by atoms with E-state index in [1.807, 2.05) is 30.3 Å². The van der Waals surface area contributed by atoms with Crippen LogP contribution < -0.4 is 15.4 Å². The highest BCUT2D eigenvalue weighted by molar-refractivity contribution is 6.07. The number of para-hydroxylation sites is 1. The second-order valence-electron chi connectivity index (χ2n) is 7.37. The Morgan fingerprint density at radius 3 is 2.54 bits per heavy atom. The largest absolute Gasteiger partial charge is 0.495 e. The number of benzene rings is 2. The summed E-state index contributed by atoms with van der Waals surface area (Å²) in [5.41, 5.74) is 1.35. The highest BCUT2D eigenvalue weighted by atomic mass is 16.6. The molecule has 0 aliphatic rings. The van der Waals surface area contributed by atoms with E-state index >= 15 is 0 Å². The lowest BCUT2D eigenvalue weighted by Gasteiger charge is -2.19. The van der Waals surface area contributed by atoms with E-state index in [0.717, 1.165) is 16.4 Å². The van der Waals surface area contributed by atoms with Crippen LogP contribution in [0.5, 0.6) is 5.75 Å². The van der Waals surface area contributed by atoms with Crippen LogP contribution in [0, 0.1) is 0 Å². The van der Waals surface area contributed by atoms with E-state index in [1.165, 1.54) is 0 Å². The van der Waals surface area contributed by atoms with Gasteiger partial charge in [-0.25, -0.2) is 4.79 Å². The number of furan rings is 1. The van der Waals surface area contributed by atoms with Crippen LogP contribution in [0.15, 0.2) is 40.8 Å². The predicted molar refractivity (Wildman–Crippen MR) is 108 cm³/mol. The van der Waals surface area contributed by atoms with Gasteiger partial charge < -0.3 is 24.5 Å². The number of rotatable bonds is 5. The molecule has 28 heavy (non-hydrogen) atoms. The van der Waals surface area contributed by atoms with Crippen LogP contribution in [0.2, 0.25) is 0 Å². The van der Waals surface area contributed by atoms with Gasteiger partial charge in [-0.3, -0.25) is 4.79 Å². The number of fused-ring (bicyclic) bond motifs is 3. The standard InChI is InChI=1S/C21H24N2O5/c1-21(2,3)28-20(25)22-10-9-19(24)23-15-12-17-14(11-18(15)26-4)13-7-5-6-8-16(13)27-17/h5-8,11-12H,9-10H2,1-4H3,(H,22,25)(H,23,24). The van der Waals surface area contributed by atoms with E-state index in [1.54, 1.807) is 33.9 Å². The van der Waals surface area contributed by atoms with E-state index < -0.39 is 11.7 Å². The SMILES string of the molecule is COc1cc2c(cc1NC(=O)CCNC(=O)OC(C)(C)C)oc1ccccc12. The maximum atomic E-state index is 12.3. The fourth-order valence-electron chi connectivity index (χ4n) is 2.82. The third kappa shape index (κ3) is 4.54. The Balaban J connectivity index is 1.68. The number of carbonyl (C=O) groups is 2. The summed E-state index contributed by atoms with van der Waals surface area (Å²) in [7, 11) is 1.54. The lowest BCUT2D eigenvalue weighted by molar-refractivity contribution is -0.116. The average molecular weight is 384 g/mol. The molecule has 0 saturated carbocycles. The number of amides is 2. The van der Waals surface area contributed by atoms with Crippen molar-refractivity contribution in [3.8, 4) is 5.75 Å². The van der Waals surface area contributed by atoms with Crippen LogP contribution in [-0.2, 0) is 9.53 Å². The molecule has 7 heteroatoms. The first-order valence-corrected chi connectivity index (χ1v) is 9.03. The molecule has 0 fully saturated rings. The molecule has 3 aromatic rings. The molecule has 0 aliphatic carbocycles. The van der Waals surface area contributed by atoms with Crippen LogP contribution >= 0.6 is 0 Å². The average Bonchev–Trinajstić information content (AvgIpc) is 2.96. The van der Waals surface area contributed by atoms with Gasteiger partial charge >= 0.3 is 6.09 Å². The van der Waals surface area contributed by atoms with Crippen LogP contribution in [0.25, 0.3) is 21.9 Å². The molecule has 2 amide bonds. The number of methoxy groups -OCH3 is 1. The van der Waals surface area contributed by atoms with Crippen molar-refractivity contribution in [1.82, 2.24) is 5.32 Å². The number of alkyl carbamates (subject to hydrolysis) is 1. The zero-order valence-corrected chi connectivity index (χ0v) is 16.4. The van der Waals surface area contributed by atoms with Gasteiger partial charge in [-0.05, 0) is 32.9 Å². The van der Waals surface area contributed by atoms with E-state index in [2.05, 4.69) is 10.6 Å². The summed E-state index contributed by atoms with van der Waals surface area (Å²) in [5.74, 6) is 0.275. The smallest absolute Gasteiger partial charge is 0.407 e. The molecule has 1 aromatic heterocycles. The van der Waals surface area contributed by atoms with Crippen molar-refractivity contribution in [3.63, 3.8) is 0 Å². The minimum atomic E-state index is -0.582. The summed E-state index contributed by atoms with van der Waals surface area (Å²) in [6.45, 7) is 5.50. The summed E-state index contributed by atoms with van der Waals surface area (Å²) in [6, 6.07) is 11.3. The number of hydrogen-bond acceptors (Lipinski definition) is 5. The molecule has 148 valence electrons. The molecular weight excluding hydrogens is 360 g/mol. The van der Waals surface area contributed by atoms with E-state index in [4.69, 9.17) is 13.9 Å². The molecule has 0 spiro atoms. The highest BCUT2D eigenvalue weighted by Gasteiger charge is 2.17. The lowest BCUT2D eigenvalue weighted by Crippen LogP contribution is -2.34. The number of nitrogens with one attached hydrogen (secondary N) is 2. The normalized spacial score (nSPS) is 11.4. The predicted octanol–water partition coefficient (Wildman–Crippen LogP) is 4.45. The van der Waals surface area contributed by atoms with E-state index in [-0.39, 0.29) is 18.9 Å². The number of ether oxygens (including phenoxy) is 2. The van der Waals surface area contributed by atoms with Gasteiger partial charge in [0.25, 0.3) is 0 Å². The molecule has 0 bridgehead atoms. The minimum Gasteiger partial charge on any atom is -0.495 e. The Morgan fingerprint density at radius 1 is 1.07 bits per heavy atom. The molecule has 2 N–H and O–H groups in total. The Morgan fingerprint density at radius 2 is 1.82 bits per heavy atom. The second kappa shape index (κ2) is 7.80. The van der Waals surface area contributed by atoms with Crippen LogP contribution in [0.1, 0.15) is 27.2 Å². The minimum absolute atomic E-state index is 0.0978. The van der Waals surface area contributed by atoms with Crippen LogP contribution in [0.4, 0.5) is 10.5 Å². The summed E-state index contributed by atoms with van der Waals surface area (Å²) < 4.78 is 16.4.